The van der Waals surface area contributed by atoms with Gasteiger partial charge in [0.1, 0.15) is 11.1 Å². The van der Waals surface area contributed by atoms with Gasteiger partial charge in [-0.2, -0.15) is 9.94 Å². The van der Waals surface area contributed by atoms with Crippen molar-refractivity contribution in [1.29, 1.82) is 5.26 Å². The Morgan fingerprint density at radius 1 is 1.31 bits per heavy atom. The van der Waals surface area contributed by atoms with Crippen molar-refractivity contribution in [1.82, 2.24) is 25.2 Å². The van der Waals surface area contributed by atoms with Crippen LogP contribution in [0.4, 0.5) is 0 Å². The van der Waals surface area contributed by atoms with E-state index in [4.69, 9.17) is 0 Å². The number of tetrazole rings is 1. The second kappa shape index (κ2) is 7.45. The van der Waals surface area contributed by atoms with E-state index in [9.17, 15) is 10.1 Å². The average molecular weight is 364 g/mol. The largest absolute Gasteiger partial charge is 0.294 e. The minimum atomic E-state index is -0.146. The predicted octanol–water partition coefficient (Wildman–Crippen LogP) is 3.29. The summed E-state index contributed by atoms with van der Waals surface area (Å²) >= 11 is 1.39. The molecule has 0 amide bonds. The molecule has 2 aromatic heterocycles. The maximum Gasteiger partial charge on any atom is 0.169 e. The van der Waals surface area contributed by atoms with E-state index in [-0.39, 0.29) is 11.0 Å². The number of carbonyl (C=O) groups excluding carboxylic acids is 1. The van der Waals surface area contributed by atoms with E-state index >= 15 is 0 Å². The topological polar surface area (TPSA) is 97.4 Å². The maximum absolute atomic E-state index is 11.7. The van der Waals surface area contributed by atoms with E-state index in [0.717, 1.165) is 5.69 Å². The van der Waals surface area contributed by atoms with Gasteiger partial charge in [0.15, 0.2) is 11.6 Å². The van der Waals surface area contributed by atoms with Gasteiger partial charge in [0, 0.05) is 11.3 Å². The van der Waals surface area contributed by atoms with Crippen molar-refractivity contribution in [2.24, 2.45) is 0 Å². The molecule has 1 unspecified atom stereocenters. The zero-order valence-corrected chi connectivity index (χ0v) is 15.4. The summed E-state index contributed by atoms with van der Waals surface area (Å²) in [5.74, 6) is 0.546. The molecule has 0 aliphatic carbocycles. The van der Waals surface area contributed by atoms with E-state index in [1.165, 1.54) is 18.7 Å². The molecule has 8 heteroatoms. The van der Waals surface area contributed by atoms with Gasteiger partial charge in [-0.25, -0.2) is 4.98 Å². The monoisotopic (exact) mass is 364 g/mol. The number of aryl methyl sites for hydroxylation is 1. The summed E-state index contributed by atoms with van der Waals surface area (Å²) in [6.45, 7) is 5.18. The molecule has 0 aliphatic heterocycles. The van der Waals surface area contributed by atoms with Gasteiger partial charge in [0.05, 0.1) is 16.5 Å². The molecule has 7 nitrogen and oxygen atoms in total. The fourth-order valence-electron chi connectivity index (χ4n) is 2.53. The Hall–Kier alpha value is -3.05. The van der Waals surface area contributed by atoms with Crippen LogP contribution in [0, 0.1) is 18.3 Å². The minimum Gasteiger partial charge on any atom is -0.294 e. The number of thioether (sulfide) groups is 1. The first-order valence-electron chi connectivity index (χ1n) is 7.94. The van der Waals surface area contributed by atoms with Gasteiger partial charge < -0.3 is 0 Å². The number of hydrogen-bond acceptors (Lipinski definition) is 7. The Balaban J connectivity index is 1.94. The minimum absolute atomic E-state index is 0.107. The molecule has 3 rings (SSSR count). The molecule has 3 aromatic rings. The van der Waals surface area contributed by atoms with Crippen LogP contribution in [-0.4, -0.2) is 31.0 Å². The predicted molar refractivity (Wildman–Crippen MR) is 97.1 cm³/mol. The molecule has 0 radical (unpaired) electrons. The van der Waals surface area contributed by atoms with Crippen LogP contribution in [0.5, 0.6) is 0 Å². The normalized spacial score (nSPS) is 11.8. The summed E-state index contributed by atoms with van der Waals surface area (Å²) in [7, 11) is 0. The molecule has 0 aliphatic rings. The second-order valence-corrected chi connectivity index (χ2v) is 7.02. The number of Topliss-reactive ketones (excluding diaryl/α,β-unsaturated/α-hetero) is 1. The van der Waals surface area contributed by atoms with Gasteiger partial charge in [-0.05, 0) is 49.4 Å². The molecule has 0 saturated carbocycles. The van der Waals surface area contributed by atoms with Crippen LogP contribution in [0.2, 0.25) is 0 Å². The molecule has 0 N–H and O–H groups in total. The highest BCUT2D eigenvalue weighted by Crippen LogP contribution is 2.35. The lowest BCUT2D eigenvalue weighted by atomic mass is 10.1. The fraction of sp³-hybridized carbons (Fsp3) is 0.222. The van der Waals surface area contributed by atoms with Crippen molar-refractivity contribution in [3.05, 3.63) is 59.0 Å². The highest BCUT2D eigenvalue weighted by molar-refractivity contribution is 7.99. The fourth-order valence-corrected chi connectivity index (χ4v) is 3.54. The average Bonchev–Trinajstić information content (AvgIpc) is 3.12. The Bertz CT molecular complexity index is 993. The van der Waals surface area contributed by atoms with Gasteiger partial charge in [0.25, 0.3) is 0 Å². The third kappa shape index (κ3) is 3.48. The first-order valence-corrected chi connectivity index (χ1v) is 8.82. The molecule has 130 valence electrons. The summed E-state index contributed by atoms with van der Waals surface area (Å²) in [4.78, 5) is 16.1. The first kappa shape index (κ1) is 17.8. The molecule has 2 heterocycles. The lowest BCUT2D eigenvalue weighted by Gasteiger charge is -2.13. The molecule has 1 atom stereocenters. The SMILES string of the molecule is CC(=O)c1cc(C#N)c(SC(C)c2nnnn2-c2ccccc2)nc1C. The van der Waals surface area contributed by atoms with Crippen molar-refractivity contribution in [2.45, 2.75) is 31.0 Å². The van der Waals surface area contributed by atoms with E-state index in [1.807, 2.05) is 37.3 Å². The Kier molecular flexibility index (Phi) is 5.09. The van der Waals surface area contributed by atoms with Crippen molar-refractivity contribution >= 4 is 17.5 Å². The third-order valence-electron chi connectivity index (χ3n) is 3.82. The number of nitriles is 1. The van der Waals surface area contributed by atoms with E-state index in [1.54, 1.807) is 17.7 Å². The van der Waals surface area contributed by atoms with Gasteiger partial charge in [-0.3, -0.25) is 4.79 Å². The van der Waals surface area contributed by atoms with Gasteiger partial charge >= 0.3 is 0 Å². The van der Waals surface area contributed by atoms with Crippen molar-refractivity contribution in [2.75, 3.05) is 0 Å². The number of carbonyl (C=O) groups is 1. The maximum atomic E-state index is 11.7. The van der Waals surface area contributed by atoms with Gasteiger partial charge in [-0.15, -0.1) is 5.10 Å². The second-order valence-electron chi connectivity index (χ2n) is 5.69. The lowest BCUT2D eigenvalue weighted by molar-refractivity contribution is 0.101. The molecule has 0 saturated heterocycles. The molecule has 0 fully saturated rings. The quantitative estimate of drug-likeness (QED) is 0.506. The number of nitrogens with zero attached hydrogens (tertiary/aromatic N) is 6. The molecule has 0 bridgehead atoms. The Morgan fingerprint density at radius 3 is 2.69 bits per heavy atom. The highest BCUT2D eigenvalue weighted by Gasteiger charge is 2.20. The van der Waals surface area contributed by atoms with Crippen LogP contribution in [0.25, 0.3) is 5.69 Å². The summed E-state index contributed by atoms with van der Waals surface area (Å²) in [6, 6.07) is 13.3. The number of aromatic nitrogens is 5. The van der Waals surface area contributed by atoms with E-state index in [2.05, 4.69) is 26.6 Å². The number of ketones is 1. The van der Waals surface area contributed by atoms with Crippen LogP contribution in [0.1, 0.15) is 46.5 Å². The van der Waals surface area contributed by atoms with Crippen LogP contribution in [-0.2, 0) is 0 Å². The lowest BCUT2D eigenvalue weighted by Crippen LogP contribution is -2.06. The number of hydrogen-bond donors (Lipinski definition) is 0. The third-order valence-corrected chi connectivity index (χ3v) is 4.92. The molecule has 0 spiro atoms. The van der Waals surface area contributed by atoms with Crippen LogP contribution in [0.3, 0.4) is 0 Å². The molecular weight excluding hydrogens is 348 g/mol. The standard InChI is InChI=1S/C18H16N6OS/c1-11-16(12(2)25)9-14(10-19)18(20-11)26-13(3)17-21-22-23-24(17)15-7-5-4-6-8-15/h4-9,13H,1-3H3. The van der Waals surface area contributed by atoms with E-state index in [0.29, 0.717) is 27.7 Å². The van der Waals surface area contributed by atoms with Crippen molar-refractivity contribution < 1.29 is 4.79 Å². The summed E-state index contributed by atoms with van der Waals surface area (Å²) < 4.78 is 1.67. The van der Waals surface area contributed by atoms with Crippen LogP contribution in [0.15, 0.2) is 41.4 Å². The smallest absolute Gasteiger partial charge is 0.169 e. The van der Waals surface area contributed by atoms with E-state index < -0.39 is 0 Å². The first-order chi connectivity index (χ1) is 12.5. The number of rotatable bonds is 5. The van der Waals surface area contributed by atoms with Gasteiger partial charge in [-0.1, -0.05) is 30.0 Å². The Morgan fingerprint density at radius 2 is 2.04 bits per heavy atom. The van der Waals surface area contributed by atoms with Crippen molar-refractivity contribution in [3.63, 3.8) is 0 Å². The highest BCUT2D eigenvalue weighted by atomic mass is 32.2. The molecule has 26 heavy (non-hydrogen) atoms. The zero-order chi connectivity index (χ0) is 18.7. The number of pyridine rings is 1. The molecular formula is C18H16N6OS. The van der Waals surface area contributed by atoms with Gasteiger partial charge in [0.2, 0.25) is 0 Å². The van der Waals surface area contributed by atoms with Crippen molar-refractivity contribution in [3.8, 4) is 11.8 Å². The van der Waals surface area contributed by atoms with Crippen LogP contribution >= 0.6 is 11.8 Å². The summed E-state index contributed by atoms with van der Waals surface area (Å²) in [6.07, 6.45) is 0. The number of benzene rings is 1. The number of para-hydroxylation sites is 1. The zero-order valence-electron chi connectivity index (χ0n) is 14.5. The summed E-state index contributed by atoms with van der Waals surface area (Å²) in [5.41, 5.74) is 2.30. The summed E-state index contributed by atoms with van der Waals surface area (Å²) in [5, 5.41) is 21.8. The Labute approximate surface area is 155 Å². The molecule has 1 aromatic carbocycles. The van der Waals surface area contributed by atoms with Crippen LogP contribution < -0.4 is 0 Å².